The van der Waals surface area contributed by atoms with Crippen LogP contribution in [0.15, 0.2) is 24.4 Å². The number of nitrogens with zero attached hydrogens (tertiary/aromatic N) is 1. The molecule has 2 heteroatoms. The normalized spacial score (nSPS) is 28.5. The van der Waals surface area contributed by atoms with Gasteiger partial charge >= 0.3 is 0 Å². The monoisotopic (exact) mass is 149 g/mol. The lowest BCUT2D eigenvalue weighted by Crippen LogP contribution is -2.08. The summed E-state index contributed by atoms with van der Waals surface area (Å²) in [4.78, 5) is 4.26. The Balaban J connectivity index is 2.30. The first-order chi connectivity index (χ1) is 5.37. The molecule has 0 aromatic carbocycles. The number of ether oxygens (including phenoxy) is 1. The van der Waals surface area contributed by atoms with Crippen LogP contribution in [-0.4, -0.2) is 11.6 Å². The number of epoxide rings is 1. The fourth-order valence-corrected chi connectivity index (χ4v) is 1.25. The highest BCUT2D eigenvalue weighted by molar-refractivity contribution is 5.17. The van der Waals surface area contributed by atoms with Gasteiger partial charge in [0, 0.05) is 6.20 Å². The Morgan fingerprint density at radius 1 is 1.64 bits per heavy atom. The van der Waals surface area contributed by atoms with Crippen molar-refractivity contribution in [2.24, 2.45) is 0 Å². The lowest BCUT2D eigenvalue weighted by atomic mass is 10.0. The molecule has 11 heavy (non-hydrogen) atoms. The summed E-state index contributed by atoms with van der Waals surface area (Å²) in [5.74, 6) is 0. The first-order valence-electron chi connectivity index (χ1n) is 3.93. The summed E-state index contributed by atoms with van der Waals surface area (Å²) in [5.41, 5.74) is 1.05. The topological polar surface area (TPSA) is 25.4 Å². The predicted molar refractivity (Wildman–Crippen MR) is 42.2 cm³/mol. The molecule has 2 nitrogen and oxygen atoms in total. The smallest absolute Gasteiger partial charge is 0.133 e. The Morgan fingerprint density at radius 3 is 2.91 bits per heavy atom. The van der Waals surface area contributed by atoms with Gasteiger partial charge in [-0.1, -0.05) is 13.0 Å². The van der Waals surface area contributed by atoms with Crippen LogP contribution >= 0.6 is 0 Å². The average Bonchev–Trinajstić information content (AvgIpc) is 2.86. The van der Waals surface area contributed by atoms with Crippen molar-refractivity contribution in [2.75, 3.05) is 6.61 Å². The zero-order valence-corrected chi connectivity index (χ0v) is 6.58. The van der Waals surface area contributed by atoms with Crippen LogP contribution in [0, 0.1) is 0 Å². The van der Waals surface area contributed by atoms with Crippen LogP contribution in [0.1, 0.15) is 19.0 Å². The molecule has 0 aliphatic carbocycles. The zero-order valence-electron chi connectivity index (χ0n) is 6.58. The van der Waals surface area contributed by atoms with E-state index in [-0.39, 0.29) is 5.60 Å². The first-order valence-corrected chi connectivity index (χ1v) is 3.93. The van der Waals surface area contributed by atoms with Crippen LogP contribution < -0.4 is 0 Å². The molecule has 0 spiro atoms. The van der Waals surface area contributed by atoms with Crippen molar-refractivity contribution >= 4 is 0 Å². The summed E-state index contributed by atoms with van der Waals surface area (Å²) in [6, 6.07) is 5.95. The minimum atomic E-state index is -0.0265. The molecule has 2 rings (SSSR count). The predicted octanol–water partition coefficient (Wildman–Crippen LogP) is 1.72. The third kappa shape index (κ3) is 1.03. The van der Waals surface area contributed by atoms with Gasteiger partial charge in [0.05, 0.1) is 12.3 Å². The summed E-state index contributed by atoms with van der Waals surface area (Å²) in [6.07, 6.45) is 2.83. The van der Waals surface area contributed by atoms with E-state index in [1.165, 1.54) is 0 Å². The van der Waals surface area contributed by atoms with Gasteiger partial charge in [-0.2, -0.15) is 0 Å². The molecule has 0 bridgehead atoms. The molecule has 0 saturated carbocycles. The van der Waals surface area contributed by atoms with Gasteiger partial charge in [0.15, 0.2) is 0 Å². The number of rotatable bonds is 2. The van der Waals surface area contributed by atoms with Gasteiger partial charge in [-0.25, -0.2) is 0 Å². The van der Waals surface area contributed by atoms with Crippen molar-refractivity contribution in [1.82, 2.24) is 4.98 Å². The lowest BCUT2D eigenvalue weighted by molar-refractivity contribution is 0.295. The van der Waals surface area contributed by atoms with E-state index in [0.29, 0.717) is 0 Å². The highest BCUT2D eigenvalue weighted by Crippen LogP contribution is 2.40. The molecule has 1 fully saturated rings. The Labute approximate surface area is 66.2 Å². The van der Waals surface area contributed by atoms with Crippen LogP contribution in [0.25, 0.3) is 0 Å². The largest absolute Gasteiger partial charge is 0.363 e. The SMILES string of the molecule is CCC1(c2ccccn2)CO1. The molecule has 1 aromatic heterocycles. The van der Waals surface area contributed by atoms with E-state index < -0.39 is 0 Å². The molecule has 1 saturated heterocycles. The van der Waals surface area contributed by atoms with Crippen molar-refractivity contribution in [2.45, 2.75) is 18.9 Å². The van der Waals surface area contributed by atoms with E-state index in [1.54, 1.807) is 0 Å². The molecule has 1 unspecified atom stereocenters. The van der Waals surface area contributed by atoms with E-state index in [2.05, 4.69) is 11.9 Å². The van der Waals surface area contributed by atoms with Gasteiger partial charge in [0.1, 0.15) is 5.60 Å². The molecule has 1 aliphatic heterocycles. The highest BCUT2D eigenvalue weighted by Gasteiger charge is 2.45. The standard InChI is InChI=1S/C9H11NO/c1-2-9(7-11-9)8-5-3-4-6-10-8/h3-6H,2,7H2,1H3. The molecule has 1 atom stereocenters. The van der Waals surface area contributed by atoms with Crippen molar-refractivity contribution in [1.29, 1.82) is 0 Å². The Morgan fingerprint density at radius 2 is 2.45 bits per heavy atom. The molecular formula is C9H11NO. The molecule has 2 heterocycles. The van der Waals surface area contributed by atoms with Crippen molar-refractivity contribution in [3.05, 3.63) is 30.1 Å². The zero-order chi connectivity index (χ0) is 7.73. The van der Waals surface area contributed by atoms with Gasteiger partial charge in [0.2, 0.25) is 0 Å². The third-order valence-electron chi connectivity index (χ3n) is 2.20. The van der Waals surface area contributed by atoms with E-state index in [4.69, 9.17) is 4.74 Å². The van der Waals surface area contributed by atoms with E-state index in [1.807, 2.05) is 24.4 Å². The molecule has 0 amide bonds. The van der Waals surface area contributed by atoms with E-state index in [0.717, 1.165) is 18.7 Å². The molecular weight excluding hydrogens is 138 g/mol. The van der Waals surface area contributed by atoms with Crippen molar-refractivity contribution < 1.29 is 4.74 Å². The van der Waals surface area contributed by atoms with Crippen LogP contribution in [-0.2, 0) is 10.3 Å². The second-order valence-corrected chi connectivity index (χ2v) is 2.85. The van der Waals surface area contributed by atoms with Gasteiger partial charge in [-0.15, -0.1) is 0 Å². The fourth-order valence-electron chi connectivity index (χ4n) is 1.25. The maximum atomic E-state index is 5.37. The molecule has 1 aliphatic rings. The van der Waals surface area contributed by atoms with Crippen LogP contribution in [0.2, 0.25) is 0 Å². The summed E-state index contributed by atoms with van der Waals surface area (Å²) < 4.78 is 5.37. The van der Waals surface area contributed by atoms with Gasteiger partial charge in [-0.05, 0) is 18.6 Å². The van der Waals surface area contributed by atoms with Crippen LogP contribution in [0.5, 0.6) is 0 Å². The van der Waals surface area contributed by atoms with Crippen molar-refractivity contribution in [3.63, 3.8) is 0 Å². The molecule has 58 valence electrons. The third-order valence-corrected chi connectivity index (χ3v) is 2.20. The van der Waals surface area contributed by atoms with E-state index >= 15 is 0 Å². The lowest BCUT2D eigenvalue weighted by Gasteiger charge is -2.06. The number of hydrogen-bond acceptors (Lipinski definition) is 2. The number of hydrogen-bond donors (Lipinski definition) is 0. The Hall–Kier alpha value is -0.890. The van der Waals surface area contributed by atoms with Crippen molar-refractivity contribution in [3.8, 4) is 0 Å². The van der Waals surface area contributed by atoms with Crippen LogP contribution in [0.4, 0.5) is 0 Å². The number of pyridine rings is 1. The van der Waals surface area contributed by atoms with Gasteiger partial charge in [0.25, 0.3) is 0 Å². The summed E-state index contributed by atoms with van der Waals surface area (Å²) in [7, 11) is 0. The Bertz CT molecular complexity index is 241. The maximum absolute atomic E-state index is 5.37. The summed E-state index contributed by atoms with van der Waals surface area (Å²) in [5, 5.41) is 0. The second kappa shape index (κ2) is 2.31. The first kappa shape index (κ1) is 6.80. The van der Waals surface area contributed by atoms with E-state index in [9.17, 15) is 0 Å². The molecule has 0 radical (unpaired) electrons. The Kier molecular flexibility index (Phi) is 1.43. The van der Waals surface area contributed by atoms with Crippen LogP contribution in [0.3, 0.4) is 0 Å². The minimum Gasteiger partial charge on any atom is -0.363 e. The van der Waals surface area contributed by atoms with Gasteiger partial charge in [-0.3, -0.25) is 4.98 Å². The summed E-state index contributed by atoms with van der Waals surface area (Å²) >= 11 is 0. The average molecular weight is 149 g/mol. The fraction of sp³-hybridized carbons (Fsp3) is 0.444. The summed E-state index contributed by atoms with van der Waals surface area (Å²) in [6.45, 7) is 2.96. The number of aromatic nitrogens is 1. The highest BCUT2D eigenvalue weighted by atomic mass is 16.6. The molecule has 0 N–H and O–H groups in total. The molecule has 1 aromatic rings. The maximum Gasteiger partial charge on any atom is 0.133 e. The minimum absolute atomic E-state index is 0.0265. The van der Waals surface area contributed by atoms with Gasteiger partial charge < -0.3 is 4.74 Å². The second-order valence-electron chi connectivity index (χ2n) is 2.85. The quantitative estimate of drug-likeness (QED) is 0.598.